The predicted molar refractivity (Wildman–Crippen MR) is 61.7 cm³/mol. The molecule has 0 amide bonds. The zero-order valence-corrected chi connectivity index (χ0v) is 9.92. The fourth-order valence-electron chi connectivity index (χ4n) is 2.12. The summed E-state index contributed by atoms with van der Waals surface area (Å²) >= 11 is 0. The van der Waals surface area contributed by atoms with Crippen LogP contribution in [0.25, 0.3) is 0 Å². The summed E-state index contributed by atoms with van der Waals surface area (Å²) in [5.74, 6) is 0. The number of nitrogens with zero attached hydrogens (tertiary/aromatic N) is 2. The lowest BCUT2D eigenvalue weighted by Gasteiger charge is -2.35. The van der Waals surface area contributed by atoms with Gasteiger partial charge in [0, 0.05) is 6.04 Å². The van der Waals surface area contributed by atoms with Crippen LogP contribution in [0.2, 0.25) is 0 Å². The highest BCUT2D eigenvalue weighted by Gasteiger charge is 2.19. The standard InChI is InChI=1S/C11H25N3/c1-12-7-4-8-14(3)11-5-9-13(2)10-6-11/h11-12H,4-10H2,1-3H3. The first-order chi connectivity index (χ1) is 6.74. The highest BCUT2D eigenvalue weighted by atomic mass is 15.2. The molecule has 3 nitrogen and oxygen atoms in total. The van der Waals surface area contributed by atoms with Gasteiger partial charge in [0.1, 0.15) is 0 Å². The van der Waals surface area contributed by atoms with Crippen molar-refractivity contribution in [3.8, 4) is 0 Å². The summed E-state index contributed by atoms with van der Waals surface area (Å²) in [5, 5.41) is 3.20. The molecule has 0 aromatic rings. The zero-order chi connectivity index (χ0) is 10.4. The summed E-state index contributed by atoms with van der Waals surface area (Å²) in [6.45, 7) is 4.90. The Kier molecular flexibility index (Phi) is 5.45. The van der Waals surface area contributed by atoms with Gasteiger partial charge in [0.15, 0.2) is 0 Å². The maximum absolute atomic E-state index is 3.20. The molecule has 84 valence electrons. The van der Waals surface area contributed by atoms with Gasteiger partial charge < -0.3 is 15.1 Å². The zero-order valence-electron chi connectivity index (χ0n) is 9.92. The molecule has 0 radical (unpaired) electrons. The van der Waals surface area contributed by atoms with E-state index in [0.29, 0.717) is 0 Å². The smallest absolute Gasteiger partial charge is 0.0117 e. The Balaban J connectivity index is 2.13. The van der Waals surface area contributed by atoms with Crippen LogP contribution in [0.1, 0.15) is 19.3 Å². The van der Waals surface area contributed by atoms with Crippen LogP contribution in [0, 0.1) is 0 Å². The van der Waals surface area contributed by atoms with Gasteiger partial charge in [0.05, 0.1) is 0 Å². The van der Waals surface area contributed by atoms with E-state index in [-0.39, 0.29) is 0 Å². The summed E-state index contributed by atoms with van der Waals surface area (Å²) in [7, 11) is 6.51. The molecule has 0 aromatic heterocycles. The SMILES string of the molecule is CNCCCN(C)C1CCN(C)CC1. The fourth-order valence-corrected chi connectivity index (χ4v) is 2.12. The van der Waals surface area contributed by atoms with Crippen LogP contribution in [0.3, 0.4) is 0 Å². The van der Waals surface area contributed by atoms with Crippen LogP contribution < -0.4 is 5.32 Å². The van der Waals surface area contributed by atoms with Gasteiger partial charge in [-0.05, 0) is 66.6 Å². The van der Waals surface area contributed by atoms with Crippen molar-refractivity contribution in [1.29, 1.82) is 0 Å². The Morgan fingerprint density at radius 2 is 2.00 bits per heavy atom. The first-order valence-corrected chi connectivity index (χ1v) is 5.77. The first kappa shape index (κ1) is 12.0. The molecule has 0 atom stereocenters. The molecule has 0 saturated carbocycles. The molecule has 1 aliphatic heterocycles. The van der Waals surface area contributed by atoms with Crippen molar-refractivity contribution in [3.05, 3.63) is 0 Å². The molecule has 0 spiro atoms. The van der Waals surface area contributed by atoms with Crippen LogP contribution in [0.4, 0.5) is 0 Å². The lowest BCUT2D eigenvalue weighted by atomic mass is 10.0. The normalized spacial score (nSPS) is 20.6. The molecular weight excluding hydrogens is 174 g/mol. The Morgan fingerprint density at radius 1 is 1.36 bits per heavy atom. The van der Waals surface area contributed by atoms with Gasteiger partial charge in [-0.1, -0.05) is 0 Å². The van der Waals surface area contributed by atoms with E-state index in [1.54, 1.807) is 0 Å². The van der Waals surface area contributed by atoms with E-state index < -0.39 is 0 Å². The fraction of sp³-hybridized carbons (Fsp3) is 1.00. The predicted octanol–water partition coefficient (Wildman–Crippen LogP) is 0.622. The molecule has 1 heterocycles. The molecule has 0 bridgehead atoms. The van der Waals surface area contributed by atoms with E-state index in [2.05, 4.69) is 29.2 Å². The summed E-state index contributed by atoms with van der Waals surface area (Å²) in [4.78, 5) is 4.96. The van der Waals surface area contributed by atoms with Crippen molar-refractivity contribution in [3.63, 3.8) is 0 Å². The van der Waals surface area contributed by atoms with Crippen LogP contribution in [-0.4, -0.2) is 63.2 Å². The second-order valence-electron chi connectivity index (χ2n) is 4.47. The minimum absolute atomic E-state index is 0.822. The van der Waals surface area contributed by atoms with Crippen LogP contribution in [0.5, 0.6) is 0 Å². The Bertz CT molecular complexity index is 141. The van der Waals surface area contributed by atoms with E-state index >= 15 is 0 Å². The minimum Gasteiger partial charge on any atom is -0.320 e. The molecule has 1 fully saturated rings. The molecule has 3 heteroatoms. The van der Waals surface area contributed by atoms with Gasteiger partial charge in [0.25, 0.3) is 0 Å². The Labute approximate surface area is 88.5 Å². The Morgan fingerprint density at radius 3 is 2.57 bits per heavy atom. The third-order valence-electron chi connectivity index (χ3n) is 3.25. The molecule has 1 saturated heterocycles. The van der Waals surface area contributed by atoms with E-state index in [0.717, 1.165) is 12.6 Å². The summed E-state index contributed by atoms with van der Waals surface area (Å²) < 4.78 is 0. The van der Waals surface area contributed by atoms with Crippen LogP contribution in [-0.2, 0) is 0 Å². The Hall–Kier alpha value is -0.120. The molecule has 1 N–H and O–H groups in total. The van der Waals surface area contributed by atoms with Gasteiger partial charge in [-0.15, -0.1) is 0 Å². The molecule has 0 unspecified atom stereocenters. The molecule has 14 heavy (non-hydrogen) atoms. The minimum atomic E-state index is 0.822. The lowest BCUT2D eigenvalue weighted by Crippen LogP contribution is -2.42. The van der Waals surface area contributed by atoms with Crippen molar-refractivity contribution in [1.82, 2.24) is 15.1 Å². The summed E-state index contributed by atoms with van der Waals surface area (Å²) in [5.41, 5.74) is 0. The molecule has 1 rings (SSSR count). The quantitative estimate of drug-likeness (QED) is 0.655. The lowest BCUT2D eigenvalue weighted by molar-refractivity contribution is 0.143. The molecule has 1 aliphatic rings. The van der Waals surface area contributed by atoms with Crippen molar-refractivity contribution < 1.29 is 0 Å². The summed E-state index contributed by atoms with van der Waals surface area (Å²) in [6.07, 6.45) is 3.94. The maximum atomic E-state index is 3.20. The van der Waals surface area contributed by atoms with Gasteiger partial charge in [0.2, 0.25) is 0 Å². The van der Waals surface area contributed by atoms with E-state index in [1.165, 1.54) is 38.9 Å². The topological polar surface area (TPSA) is 18.5 Å². The van der Waals surface area contributed by atoms with Gasteiger partial charge >= 0.3 is 0 Å². The third kappa shape index (κ3) is 3.95. The maximum Gasteiger partial charge on any atom is 0.0117 e. The highest BCUT2D eigenvalue weighted by Crippen LogP contribution is 2.13. The molecule has 0 aliphatic carbocycles. The van der Waals surface area contributed by atoms with Gasteiger partial charge in [-0.25, -0.2) is 0 Å². The van der Waals surface area contributed by atoms with Crippen molar-refractivity contribution in [2.75, 3.05) is 47.3 Å². The van der Waals surface area contributed by atoms with Crippen LogP contribution in [0.15, 0.2) is 0 Å². The largest absolute Gasteiger partial charge is 0.320 e. The van der Waals surface area contributed by atoms with E-state index in [4.69, 9.17) is 0 Å². The van der Waals surface area contributed by atoms with Crippen molar-refractivity contribution >= 4 is 0 Å². The number of nitrogens with one attached hydrogen (secondary N) is 1. The highest BCUT2D eigenvalue weighted by molar-refractivity contribution is 4.76. The monoisotopic (exact) mass is 199 g/mol. The molecular formula is C11H25N3. The average Bonchev–Trinajstić information content (AvgIpc) is 2.19. The third-order valence-corrected chi connectivity index (χ3v) is 3.25. The summed E-state index contributed by atoms with van der Waals surface area (Å²) in [6, 6.07) is 0.822. The van der Waals surface area contributed by atoms with Gasteiger partial charge in [-0.3, -0.25) is 0 Å². The second-order valence-corrected chi connectivity index (χ2v) is 4.47. The van der Waals surface area contributed by atoms with Gasteiger partial charge in [-0.2, -0.15) is 0 Å². The van der Waals surface area contributed by atoms with E-state index in [1.807, 2.05) is 7.05 Å². The van der Waals surface area contributed by atoms with Crippen LogP contribution >= 0.6 is 0 Å². The number of likely N-dealkylation sites (tertiary alicyclic amines) is 1. The van der Waals surface area contributed by atoms with E-state index in [9.17, 15) is 0 Å². The second kappa shape index (κ2) is 6.38. The number of hydrogen-bond donors (Lipinski definition) is 1. The average molecular weight is 199 g/mol. The van der Waals surface area contributed by atoms with Crippen molar-refractivity contribution in [2.24, 2.45) is 0 Å². The molecule has 0 aromatic carbocycles. The number of rotatable bonds is 5. The number of hydrogen-bond acceptors (Lipinski definition) is 3. The number of piperidine rings is 1. The first-order valence-electron chi connectivity index (χ1n) is 5.77. The van der Waals surface area contributed by atoms with Crippen molar-refractivity contribution in [2.45, 2.75) is 25.3 Å².